The SMILES string of the molecule is CC[C@H](C)Oc1ccc(/C=C2/SC(=S)N(NC(=O)c3ccc(OC)cc3)C2=O)cc1. The van der Waals surface area contributed by atoms with Crippen LogP contribution in [0.5, 0.6) is 11.5 Å². The van der Waals surface area contributed by atoms with E-state index >= 15 is 0 Å². The van der Waals surface area contributed by atoms with Gasteiger partial charge in [-0.15, -0.1) is 0 Å². The summed E-state index contributed by atoms with van der Waals surface area (Å²) in [7, 11) is 1.55. The number of amides is 2. The number of nitrogens with one attached hydrogen (secondary N) is 1. The average molecular weight is 443 g/mol. The van der Waals surface area contributed by atoms with Gasteiger partial charge in [0.1, 0.15) is 11.5 Å². The predicted octanol–water partition coefficient (Wildman–Crippen LogP) is 4.42. The lowest BCUT2D eigenvalue weighted by Crippen LogP contribution is -2.44. The van der Waals surface area contributed by atoms with E-state index in [1.54, 1.807) is 37.5 Å². The largest absolute Gasteiger partial charge is 0.497 e. The van der Waals surface area contributed by atoms with E-state index in [1.165, 1.54) is 0 Å². The Kier molecular flexibility index (Phi) is 7.12. The van der Waals surface area contributed by atoms with Gasteiger partial charge in [-0.2, -0.15) is 5.01 Å². The van der Waals surface area contributed by atoms with Crippen LogP contribution in [0.25, 0.3) is 6.08 Å². The minimum absolute atomic E-state index is 0.140. The van der Waals surface area contributed by atoms with E-state index in [-0.39, 0.29) is 16.3 Å². The lowest BCUT2D eigenvalue weighted by atomic mass is 10.2. The molecule has 8 heteroatoms. The molecule has 0 bridgehead atoms. The molecule has 1 aliphatic heterocycles. The lowest BCUT2D eigenvalue weighted by Gasteiger charge is -2.15. The Bertz CT molecular complexity index is 972. The van der Waals surface area contributed by atoms with Crippen molar-refractivity contribution in [2.45, 2.75) is 26.4 Å². The van der Waals surface area contributed by atoms with Crippen LogP contribution in [-0.4, -0.2) is 34.4 Å². The first kappa shape index (κ1) is 21.9. The third-order valence-corrected chi connectivity index (χ3v) is 5.75. The van der Waals surface area contributed by atoms with Crippen LogP contribution < -0.4 is 14.9 Å². The van der Waals surface area contributed by atoms with E-state index in [0.29, 0.717) is 16.2 Å². The maximum atomic E-state index is 12.7. The molecule has 2 amide bonds. The number of nitrogens with zero attached hydrogens (tertiary/aromatic N) is 1. The van der Waals surface area contributed by atoms with Crippen molar-refractivity contribution in [2.24, 2.45) is 0 Å². The van der Waals surface area contributed by atoms with Crippen molar-refractivity contribution in [1.82, 2.24) is 10.4 Å². The third kappa shape index (κ3) is 5.20. The molecule has 2 aromatic carbocycles. The van der Waals surface area contributed by atoms with E-state index in [2.05, 4.69) is 12.3 Å². The van der Waals surface area contributed by atoms with E-state index in [4.69, 9.17) is 21.7 Å². The van der Waals surface area contributed by atoms with Gasteiger partial charge in [-0.3, -0.25) is 15.0 Å². The molecule has 30 heavy (non-hydrogen) atoms. The molecule has 1 saturated heterocycles. The van der Waals surface area contributed by atoms with Crippen molar-refractivity contribution in [3.8, 4) is 11.5 Å². The van der Waals surface area contributed by atoms with Crippen LogP contribution in [0.2, 0.25) is 0 Å². The predicted molar refractivity (Wildman–Crippen MR) is 122 cm³/mol. The van der Waals surface area contributed by atoms with Gasteiger partial charge in [0.2, 0.25) is 0 Å². The summed E-state index contributed by atoms with van der Waals surface area (Å²) in [4.78, 5) is 25.6. The molecule has 0 radical (unpaired) electrons. The molecule has 1 N–H and O–H groups in total. The fraction of sp³-hybridized carbons (Fsp3) is 0.227. The Morgan fingerprint density at radius 2 is 1.80 bits per heavy atom. The van der Waals surface area contributed by atoms with Crippen LogP contribution in [0.4, 0.5) is 0 Å². The number of hydrogen-bond acceptors (Lipinski definition) is 6. The molecule has 0 aromatic heterocycles. The molecule has 1 aliphatic rings. The fourth-order valence-corrected chi connectivity index (χ4v) is 3.76. The summed E-state index contributed by atoms with van der Waals surface area (Å²) in [5.74, 6) is 0.620. The molecular weight excluding hydrogens is 420 g/mol. The zero-order valence-corrected chi connectivity index (χ0v) is 18.5. The molecule has 1 heterocycles. The smallest absolute Gasteiger partial charge is 0.285 e. The highest BCUT2D eigenvalue weighted by Gasteiger charge is 2.33. The second-order valence-corrected chi connectivity index (χ2v) is 8.27. The van der Waals surface area contributed by atoms with Gasteiger partial charge in [0.15, 0.2) is 4.32 Å². The first-order valence-corrected chi connectivity index (χ1v) is 10.6. The zero-order chi connectivity index (χ0) is 21.7. The molecule has 1 fully saturated rings. The van der Waals surface area contributed by atoms with Gasteiger partial charge >= 0.3 is 0 Å². The van der Waals surface area contributed by atoms with E-state index in [9.17, 15) is 9.59 Å². The minimum Gasteiger partial charge on any atom is -0.497 e. The standard InChI is InChI=1S/C22H22N2O4S2/c1-4-14(2)28-18-9-5-15(6-10-18)13-19-21(26)24(22(29)30-19)23-20(25)16-7-11-17(27-3)12-8-16/h5-14H,4H2,1-3H3,(H,23,25)/b19-13+/t14-/m0/s1. The van der Waals surface area contributed by atoms with Gasteiger partial charge in [-0.1, -0.05) is 30.8 Å². The number of hydrazine groups is 1. The van der Waals surface area contributed by atoms with Crippen LogP contribution in [0.3, 0.4) is 0 Å². The van der Waals surface area contributed by atoms with Crippen molar-refractivity contribution in [3.63, 3.8) is 0 Å². The highest BCUT2D eigenvalue weighted by molar-refractivity contribution is 8.26. The number of thioether (sulfide) groups is 1. The second-order valence-electron chi connectivity index (χ2n) is 6.59. The monoisotopic (exact) mass is 442 g/mol. The molecular formula is C22H22N2O4S2. The van der Waals surface area contributed by atoms with Crippen molar-refractivity contribution in [1.29, 1.82) is 0 Å². The molecule has 0 unspecified atom stereocenters. The topological polar surface area (TPSA) is 67.9 Å². The Balaban J connectivity index is 1.68. The Hall–Kier alpha value is -2.84. The van der Waals surface area contributed by atoms with Gasteiger partial charge in [0.05, 0.1) is 18.1 Å². The van der Waals surface area contributed by atoms with Gasteiger partial charge in [-0.05, 0) is 73.6 Å². The van der Waals surface area contributed by atoms with Crippen LogP contribution in [-0.2, 0) is 4.79 Å². The highest BCUT2D eigenvalue weighted by Crippen LogP contribution is 2.32. The van der Waals surface area contributed by atoms with Gasteiger partial charge < -0.3 is 9.47 Å². The summed E-state index contributed by atoms with van der Waals surface area (Å²) in [5, 5.41) is 1.10. The number of carbonyl (C=O) groups is 2. The maximum absolute atomic E-state index is 12.7. The Morgan fingerprint density at radius 3 is 2.40 bits per heavy atom. The lowest BCUT2D eigenvalue weighted by molar-refractivity contribution is -0.123. The molecule has 3 rings (SSSR count). The minimum atomic E-state index is -0.429. The normalized spacial score (nSPS) is 16.0. The second kappa shape index (κ2) is 9.77. The van der Waals surface area contributed by atoms with Crippen molar-refractivity contribution in [3.05, 3.63) is 64.6 Å². The number of carbonyl (C=O) groups excluding carboxylic acids is 2. The number of thiocarbonyl (C=S) groups is 1. The third-order valence-electron chi connectivity index (χ3n) is 4.45. The zero-order valence-electron chi connectivity index (χ0n) is 16.9. The summed E-state index contributed by atoms with van der Waals surface area (Å²) in [6.45, 7) is 4.08. The van der Waals surface area contributed by atoms with Gasteiger partial charge in [-0.25, -0.2) is 0 Å². The molecule has 6 nitrogen and oxygen atoms in total. The summed E-state index contributed by atoms with van der Waals surface area (Å²) in [5.41, 5.74) is 3.80. The number of ether oxygens (including phenoxy) is 2. The molecule has 0 aliphatic carbocycles. The number of hydrogen-bond donors (Lipinski definition) is 1. The van der Waals surface area contributed by atoms with Crippen molar-refractivity contribution in [2.75, 3.05) is 7.11 Å². The first-order chi connectivity index (χ1) is 14.4. The van der Waals surface area contributed by atoms with Crippen LogP contribution in [0.1, 0.15) is 36.2 Å². The quantitative estimate of drug-likeness (QED) is 0.506. The fourth-order valence-electron chi connectivity index (χ4n) is 2.58. The summed E-state index contributed by atoms with van der Waals surface area (Å²) >= 11 is 6.41. The van der Waals surface area contributed by atoms with E-state index in [1.807, 2.05) is 31.2 Å². The Labute approximate surface area is 185 Å². The first-order valence-electron chi connectivity index (χ1n) is 9.41. The van der Waals surface area contributed by atoms with Crippen LogP contribution in [0, 0.1) is 0 Å². The molecule has 0 spiro atoms. The van der Waals surface area contributed by atoms with E-state index in [0.717, 1.165) is 34.5 Å². The van der Waals surface area contributed by atoms with Crippen molar-refractivity contribution < 1.29 is 19.1 Å². The molecule has 0 saturated carbocycles. The van der Waals surface area contributed by atoms with Crippen LogP contribution >= 0.6 is 24.0 Å². The highest BCUT2D eigenvalue weighted by atomic mass is 32.2. The maximum Gasteiger partial charge on any atom is 0.285 e. The summed E-state index contributed by atoms with van der Waals surface area (Å²) in [6.07, 6.45) is 2.81. The number of methoxy groups -OCH3 is 1. The number of rotatable bonds is 7. The average Bonchev–Trinajstić information content (AvgIpc) is 3.02. The van der Waals surface area contributed by atoms with Gasteiger partial charge in [0, 0.05) is 5.56 Å². The summed E-state index contributed by atoms with van der Waals surface area (Å²) < 4.78 is 11.1. The molecule has 2 aromatic rings. The van der Waals surface area contributed by atoms with Crippen LogP contribution in [0.15, 0.2) is 53.4 Å². The molecule has 1 atom stereocenters. The van der Waals surface area contributed by atoms with E-state index < -0.39 is 5.91 Å². The Morgan fingerprint density at radius 1 is 1.17 bits per heavy atom. The number of benzene rings is 2. The van der Waals surface area contributed by atoms with Gasteiger partial charge in [0.25, 0.3) is 11.8 Å². The summed E-state index contributed by atoms with van der Waals surface area (Å²) in [6, 6.07) is 14.1. The molecule has 156 valence electrons. The van der Waals surface area contributed by atoms with Crippen molar-refractivity contribution >= 4 is 46.2 Å².